The monoisotopic (exact) mass is 260 g/mol. The quantitative estimate of drug-likeness (QED) is 0.797. The summed E-state index contributed by atoms with van der Waals surface area (Å²) in [5.41, 5.74) is 6.64. The zero-order chi connectivity index (χ0) is 12.0. The third-order valence-corrected chi connectivity index (χ3v) is 3.17. The molecule has 0 aliphatic carbocycles. The molecule has 0 aromatic heterocycles. The lowest BCUT2D eigenvalue weighted by molar-refractivity contribution is 0.319. The number of unbranched alkanes of at least 4 members (excludes halogenated alkanes) is 1. The highest BCUT2D eigenvalue weighted by Crippen LogP contribution is 2.23. The molecule has 16 heavy (non-hydrogen) atoms. The van der Waals surface area contributed by atoms with Crippen LogP contribution < -0.4 is 5.73 Å². The van der Waals surface area contributed by atoms with Crippen molar-refractivity contribution in [1.82, 2.24) is 4.90 Å². The SMILES string of the molecule is CN(CCCCN)Cc1ccc(Cl)c(Cl)c1. The summed E-state index contributed by atoms with van der Waals surface area (Å²) >= 11 is 11.8. The van der Waals surface area contributed by atoms with Crippen LogP contribution in [0.3, 0.4) is 0 Å². The van der Waals surface area contributed by atoms with Crippen LogP contribution in [0.5, 0.6) is 0 Å². The van der Waals surface area contributed by atoms with E-state index < -0.39 is 0 Å². The second kappa shape index (κ2) is 7.13. The van der Waals surface area contributed by atoms with Crippen LogP contribution in [-0.4, -0.2) is 25.0 Å². The zero-order valence-electron chi connectivity index (χ0n) is 9.55. The summed E-state index contributed by atoms with van der Waals surface area (Å²) in [4.78, 5) is 2.26. The Labute approximate surface area is 107 Å². The van der Waals surface area contributed by atoms with E-state index in [1.54, 1.807) is 0 Å². The van der Waals surface area contributed by atoms with E-state index in [1.807, 2.05) is 18.2 Å². The van der Waals surface area contributed by atoms with E-state index in [2.05, 4.69) is 11.9 Å². The van der Waals surface area contributed by atoms with Crippen molar-refractivity contribution in [3.63, 3.8) is 0 Å². The highest BCUT2D eigenvalue weighted by molar-refractivity contribution is 6.42. The predicted molar refractivity (Wildman–Crippen MR) is 71.1 cm³/mol. The minimum atomic E-state index is 0.608. The Morgan fingerprint density at radius 3 is 2.56 bits per heavy atom. The maximum Gasteiger partial charge on any atom is 0.0595 e. The molecule has 0 bridgehead atoms. The topological polar surface area (TPSA) is 29.3 Å². The molecule has 2 nitrogen and oxygen atoms in total. The van der Waals surface area contributed by atoms with Gasteiger partial charge < -0.3 is 10.6 Å². The van der Waals surface area contributed by atoms with Crippen molar-refractivity contribution in [3.8, 4) is 0 Å². The lowest BCUT2D eigenvalue weighted by atomic mass is 10.2. The Hall–Kier alpha value is -0.280. The Morgan fingerprint density at radius 2 is 1.94 bits per heavy atom. The van der Waals surface area contributed by atoms with Crippen LogP contribution in [0.15, 0.2) is 18.2 Å². The van der Waals surface area contributed by atoms with E-state index in [4.69, 9.17) is 28.9 Å². The molecule has 0 fully saturated rings. The van der Waals surface area contributed by atoms with Gasteiger partial charge in [0.25, 0.3) is 0 Å². The molecule has 0 spiro atoms. The van der Waals surface area contributed by atoms with Crippen molar-refractivity contribution in [3.05, 3.63) is 33.8 Å². The third kappa shape index (κ3) is 4.71. The van der Waals surface area contributed by atoms with Crippen LogP contribution >= 0.6 is 23.2 Å². The van der Waals surface area contributed by atoms with Gasteiger partial charge in [-0.05, 0) is 50.7 Å². The van der Waals surface area contributed by atoms with Crippen molar-refractivity contribution >= 4 is 23.2 Å². The molecule has 1 rings (SSSR count). The van der Waals surface area contributed by atoms with E-state index in [0.29, 0.717) is 10.0 Å². The van der Waals surface area contributed by atoms with Gasteiger partial charge in [0, 0.05) is 6.54 Å². The fourth-order valence-electron chi connectivity index (χ4n) is 1.55. The smallest absolute Gasteiger partial charge is 0.0595 e. The first-order chi connectivity index (χ1) is 7.63. The molecule has 2 N–H and O–H groups in total. The van der Waals surface area contributed by atoms with Crippen LogP contribution in [0.25, 0.3) is 0 Å². The Balaban J connectivity index is 2.43. The third-order valence-electron chi connectivity index (χ3n) is 2.43. The molecule has 1 aromatic carbocycles. The Morgan fingerprint density at radius 1 is 1.19 bits per heavy atom. The minimum absolute atomic E-state index is 0.608. The Kier molecular flexibility index (Phi) is 6.14. The van der Waals surface area contributed by atoms with E-state index >= 15 is 0 Å². The largest absolute Gasteiger partial charge is 0.330 e. The first kappa shape index (κ1) is 13.8. The molecule has 0 aliphatic heterocycles. The molecule has 0 radical (unpaired) electrons. The van der Waals surface area contributed by atoms with E-state index in [1.165, 1.54) is 5.56 Å². The standard InChI is InChI=1S/C12H18Cl2N2/c1-16(7-3-2-6-15)9-10-4-5-11(13)12(14)8-10/h4-5,8H,2-3,6-7,9,15H2,1H3. The van der Waals surface area contributed by atoms with Crippen molar-refractivity contribution in [2.24, 2.45) is 5.73 Å². The molecule has 0 saturated carbocycles. The van der Waals surface area contributed by atoms with Gasteiger partial charge >= 0.3 is 0 Å². The number of hydrogen-bond acceptors (Lipinski definition) is 2. The van der Waals surface area contributed by atoms with Crippen molar-refractivity contribution < 1.29 is 0 Å². The van der Waals surface area contributed by atoms with Gasteiger partial charge in [-0.3, -0.25) is 0 Å². The van der Waals surface area contributed by atoms with Crippen LogP contribution in [0, 0.1) is 0 Å². The van der Waals surface area contributed by atoms with Gasteiger partial charge in [0.2, 0.25) is 0 Å². The van der Waals surface area contributed by atoms with Gasteiger partial charge in [0.05, 0.1) is 10.0 Å². The lowest BCUT2D eigenvalue weighted by Gasteiger charge is -2.16. The second-order valence-corrected chi connectivity index (χ2v) is 4.80. The number of halogens is 2. The maximum absolute atomic E-state index is 5.96. The summed E-state index contributed by atoms with van der Waals surface area (Å²) < 4.78 is 0. The summed E-state index contributed by atoms with van der Waals surface area (Å²) in [7, 11) is 2.10. The van der Waals surface area contributed by atoms with Gasteiger partial charge in [0.15, 0.2) is 0 Å². The molecule has 0 heterocycles. The normalized spacial score (nSPS) is 11.1. The van der Waals surface area contributed by atoms with E-state index in [0.717, 1.165) is 32.5 Å². The fraction of sp³-hybridized carbons (Fsp3) is 0.500. The Bertz CT molecular complexity index is 329. The van der Waals surface area contributed by atoms with Crippen LogP contribution in [0.4, 0.5) is 0 Å². The number of rotatable bonds is 6. The molecule has 0 aliphatic rings. The molecule has 1 aromatic rings. The van der Waals surface area contributed by atoms with Gasteiger partial charge in [-0.15, -0.1) is 0 Å². The molecule has 90 valence electrons. The number of benzene rings is 1. The summed E-state index contributed by atoms with van der Waals surface area (Å²) in [5, 5.41) is 1.23. The fourth-order valence-corrected chi connectivity index (χ4v) is 1.88. The number of nitrogens with two attached hydrogens (primary N) is 1. The number of hydrogen-bond donors (Lipinski definition) is 1. The predicted octanol–water partition coefficient (Wildman–Crippen LogP) is 3.16. The summed E-state index contributed by atoms with van der Waals surface area (Å²) in [6.07, 6.45) is 2.21. The van der Waals surface area contributed by atoms with Gasteiger partial charge in [-0.1, -0.05) is 29.3 Å². The molecule has 4 heteroatoms. The molecule has 0 unspecified atom stereocenters. The molecule has 0 saturated heterocycles. The van der Waals surface area contributed by atoms with Crippen LogP contribution in [0.2, 0.25) is 10.0 Å². The molecular formula is C12H18Cl2N2. The number of nitrogens with zero attached hydrogens (tertiary/aromatic N) is 1. The first-order valence-electron chi connectivity index (χ1n) is 5.46. The van der Waals surface area contributed by atoms with Gasteiger partial charge in [0.1, 0.15) is 0 Å². The average Bonchev–Trinajstić information content (AvgIpc) is 2.24. The molecule has 0 amide bonds. The second-order valence-electron chi connectivity index (χ2n) is 3.98. The van der Waals surface area contributed by atoms with Crippen molar-refractivity contribution in [2.45, 2.75) is 19.4 Å². The summed E-state index contributed by atoms with van der Waals surface area (Å²) in [5.74, 6) is 0. The van der Waals surface area contributed by atoms with E-state index in [-0.39, 0.29) is 0 Å². The van der Waals surface area contributed by atoms with E-state index in [9.17, 15) is 0 Å². The highest BCUT2D eigenvalue weighted by atomic mass is 35.5. The van der Waals surface area contributed by atoms with Crippen LogP contribution in [0.1, 0.15) is 18.4 Å². The summed E-state index contributed by atoms with van der Waals surface area (Å²) in [6.45, 7) is 2.71. The van der Waals surface area contributed by atoms with Crippen molar-refractivity contribution in [2.75, 3.05) is 20.1 Å². The molecule has 0 atom stereocenters. The maximum atomic E-state index is 5.96. The summed E-state index contributed by atoms with van der Waals surface area (Å²) in [6, 6.07) is 5.77. The van der Waals surface area contributed by atoms with Gasteiger partial charge in [-0.25, -0.2) is 0 Å². The van der Waals surface area contributed by atoms with Crippen molar-refractivity contribution in [1.29, 1.82) is 0 Å². The molecular weight excluding hydrogens is 243 g/mol. The van der Waals surface area contributed by atoms with Crippen LogP contribution in [-0.2, 0) is 6.54 Å². The minimum Gasteiger partial charge on any atom is -0.330 e. The average molecular weight is 261 g/mol. The van der Waals surface area contributed by atoms with Gasteiger partial charge in [-0.2, -0.15) is 0 Å². The first-order valence-corrected chi connectivity index (χ1v) is 6.21. The lowest BCUT2D eigenvalue weighted by Crippen LogP contribution is -2.19. The zero-order valence-corrected chi connectivity index (χ0v) is 11.1. The highest BCUT2D eigenvalue weighted by Gasteiger charge is 2.03.